The molecule has 1 nitrogen and oxygen atoms in total. The van der Waals surface area contributed by atoms with Crippen LogP contribution in [0.15, 0.2) is 48.5 Å². The number of aromatic hydroxyl groups is 1. The van der Waals surface area contributed by atoms with Gasteiger partial charge in [-0.15, -0.1) is 0 Å². The van der Waals surface area contributed by atoms with Gasteiger partial charge in [0.05, 0.1) is 0 Å². The van der Waals surface area contributed by atoms with E-state index in [9.17, 15) is 5.11 Å². The Hall–Kier alpha value is -1.76. The van der Waals surface area contributed by atoms with Crippen molar-refractivity contribution in [3.8, 4) is 5.75 Å². The molecule has 20 heavy (non-hydrogen) atoms. The van der Waals surface area contributed by atoms with Crippen LogP contribution in [0, 0.1) is 0 Å². The lowest BCUT2D eigenvalue weighted by Gasteiger charge is -2.27. The Kier molecular flexibility index (Phi) is 3.64. The van der Waals surface area contributed by atoms with E-state index >= 15 is 0 Å². The van der Waals surface area contributed by atoms with Gasteiger partial charge in [-0.1, -0.05) is 71.0 Å². The fourth-order valence-corrected chi connectivity index (χ4v) is 2.43. The molecular formula is C19H24O. The van der Waals surface area contributed by atoms with Gasteiger partial charge in [0.2, 0.25) is 0 Å². The molecule has 2 rings (SSSR count). The summed E-state index contributed by atoms with van der Waals surface area (Å²) in [6.07, 6.45) is 0. The summed E-state index contributed by atoms with van der Waals surface area (Å²) in [5.41, 5.74) is 3.96. The van der Waals surface area contributed by atoms with Crippen LogP contribution >= 0.6 is 0 Å². The summed E-state index contributed by atoms with van der Waals surface area (Å²) in [6, 6.07) is 16.4. The van der Waals surface area contributed by atoms with Crippen LogP contribution in [0.25, 0.3) is 0 Å². The maximum Gasteiger partial charge on any atom is 0.115 e. The van der Waals surface area contributed by atoms with Crippen LogP contribution < -0.4 is 0 Å². The summed E-state index contributed by atoms with van der Waals surface area (Å²) in [5, 5.41) is 9.42. The highest BCUT2D eigenvalue weighted by atomic mass is 16.3. The van der Waals surface area contributed by atoms with Crippen LogP contribution in [-0.4, -0.2) is 5.11 Å². The van der Waals surface area contributed by atoms with Crippen molar-refractivity contribution in [2.45, 2.75) is 45.4 Å². The van der Waals surface area contributed by atoms with E-state index in [0.29, 0.717) is 5.75 Å². The normalized spacial score (nSPS) is 12.4. The maximum atomic E-state index is 9.42. The third kappa shape index (κ3) is 2.87. The predicted molar refractivity (Wildman–Crippen MR) is 85.4 cm³/mol. The van der Waals surface area contributed by atoms with E-state index < -0.39 is 0 Å². The highest BCUT2D eigenvalue weighted by molar-refractivity contribution is 5.41. The van der Waals surface area contributed by atoms with Crippen LogP contribution in [0.2, 0.25) is 0 Å². The van der Waals surface area contributed by atoms with E-state index in [2.05, 4.69) is 58.9 Å². The third-order valence-electron chi connectivity index (χ3n) is 4.06. The number of phenolic OH excluding ortho intramolecular Hbond substituents is 1. The van der Waals surface area contributed by atoms with E-state index in [4.69, 9.17) is 0 Å². The highest BCUT2D eigenvalue weighted by Gasteiger charge is 2.23. The molecular weight excluding hydrogens is 244 g/mol. The van der Waals surface area contributed by atoms with Crippen molar-refractivity contribution in [1.29, 1.82) is 0 Å². The minimum atomic E-state index is -0.0654. The summed E-state index contributed by atoms with van der Waals surface area (Å²) in [6.45, 7) is 11.1. The summed E-state index contributed by atoms with van der Waals surface area (Å²) in [5.74, 6) is 0.313. The second-order valence-electron chi connectivity index (χ2n) is 7.00. The number of phenols is 1. The molecule has 106 valence electrons. The molecule has 2 aromatic carbocycles. The van der Waals surface area contributed by atoms with E-state index in [1.807, 2.05) is 12.1 Å². The second-order valence-corrected chi connectivity index (χ2v) is 7.00. The Balaban J connectivity index is 2.37. The average Bonchev–Trinajstić information content (AvgIpc) is 2.38. The van der Waals surface area contributed by atoms with Gasteiger partial charge in [-0.3, -0.25) is 0 Å². The number of benzene rings is 2. The Labute approximate surface area is 122 Å². The summed E-state index contributed by atoms with van der Waals surface area (Å²) >= 11 is 0. The molecule has 0 heterocycles. The van der Waals surface area contributed by atoms with Crippen molar-refractivity contribution in [2.75, 3.05) is 0 Å². The molecule has 1 heteroatoms. The molecule has 0 spiro atoms. The molecule has 0 saturated heterocycles. The lowest BCUT2D eigenvalue weighted by Crippen LogP contribution is -2.19. The van der Waals surface area contributed by atoms with Gasteiger partial charge >= 0.3 is 0 Å². The Morgan fingerprint density at radius 1 is 0.600 bits per heavy atom. The van der Waals surface area contributed by atoms with Gasteiger partial charge in [-0.2, -0.15) is 0 Å². The standard InChI is InChI=1S/C19H24O/c1-18(2,3)14-6-8-15(9-7-14)19(4,5)16-10-12-17(20)13-11-16/h6-13,20H,1-5H3. The van der Waals surface area contributed by atoms with Gasteiger partial charge in [-0.05, 0) is 34.2 Å². The SMILES string of the molecule is CC(C)(C)c1ccc(C(C)(C)c2ccc(O)cc2)cc1. The zero-order valence-electron chi connectivity index (χ0n) is 13.1. The van der Waals surface area contributed by atoms with Gasteiger partial charge < -0.3 is 5.11 Å². The smallest absolute Gasteiger partial charge is 0.115 e. The molecule has 1 N–H and O–H groups in total. The molecule has 0 unspecified atom stereocenters. The maximum absolute atomic E-state index is 9.42. The molecule has 0 aromatic heterocycles. The molecule has 0 saturated carbocycles. The van der Waals surface area contributed by atoms with Gasteiger partial charge in [0, 0.05) is 5.41 Å². The monoisotopic (exact) mass is 268 g/mol. The van der Waals surface area contributed by atoms with Crippen LogP contribution in [-0.2, 0) is 10.8 Å². The Bertz CT molecular complexity index is 569. The van der Waals surface area contributed by atoms with Crippen molar-refractivity contribution < 1.29 is 5.11 Å². The molecule has 0 aliphatic carbocycles. The Morgan fingerprint density at radius 3 is 1.35 bits per heavy atom. The zero-order valence-corrected chi connectivity index (χ0v) is 13.1. The largest absolute Gasteiger partial charge is 0.508 e. The number of hydrogen-bond acceptors (Lipinski definition) is 1. The molecule has 0 amide bonds. The molecule has 0 radical (unpaired) electrons. The van der Waals surface area contributed by atoms with Crippen LogP contribution in [0.1, 0.15) is 51.3 Å². The second kappa shape index (κ2) is 4.97. The topological polar surface area (TPSA) is 20.2 Å². The average molecular weight is 268 g/mol. The molecule has 0 fully saturated rings. The van der Waals surface area contributed by atoms with Crippen molar-refractivity contribution in [1.82, 2.24) is 0 Å². The molecule has 0 bridgehead atoms. The van der Waals surface area contributed by atoms with Crippen LogP contribution in [0.4, 0.5) is 0 Å². The van der Waals surface area contributed by atoms with Crippen molar-refractivity contribution in [3.05, 3.63) is 65.2 Å². The zero-order chi connectivity index (χ0) is 15.0. The first-order valence-corrected chi connectivity index (χ1v) is 7.12. The lowest BCUT2D eigenvalue weighted by molar-refractivity contribution is 0.474. The first kappa shape index (κ1) is 14.6. The summed E-state index contributed by atoms with van der Waals surface area (Å²) in [7, 11) is 0. The number of rotatable bonds is 2. The van der Waals surface area contributed by atoms with Gasteiger partial charge in [0.1, 0.15) is 5.75 Å². The summed E-state index contributed by atoms with van der Waals surface area (Å²) in [4.78, 5) is 0. The molecule has 0 atom stereocenters. The van der Waals surface area contributed by atoms with Crippen molar-refractivity contribution in [2.24, 2.45) is 0 Å². The number of hydrogen-bond donors (Lipinski definition) is 1. The van der Waals surface area contributed by atoms with Crippen LogP contribution in [0.5, 0.6) is 5.75 Å². The van der Waals surface area contributed by atoms with E-state index in [0.717, 1.165) is 0 Å². The van der Waals surface area contributed by atoms with Crippen molar-refractivity contribution in [3.63, 3.8) is 0 Å². The van der Waals surface area contributed by atoms with Crippen LogP contribution in [0.3, 0.4) is 0 Å². The van der Waals surface area contributed by atoms with Crippen molar-refractivity contribution >= 4 is 0 Å². The molecule has 2 aromatic rings. The lowest BCUT2D eigenvalue weighted by atomic mass is 9.77. The summed E-state index contributed by atoms with van der Waals surface area (Å²) < 4.78 is 0. The predicted octanol–water partition coefficient (Wildman–Crippen LogP) is 5.02. The first-order chi connectivity index (χ1) is 9.21. The first-order valence-electron chi connectivity index (χ1n) is 7.12. The fraction of sp³-hybridized carbons (Fsp3) is 0.368. The third-order valence-corrected chi connectivity index (χ3v) is 4.06. The minimum Gasteiger partial charge on any atom is -0.508 e. The van der Waals surface area contributed by atoms with Gasteiger partial charge in [0.15, 0.2) is 0 Å². The highest BCUT2D eigenvalue weighted by Crippen LogP contribution is 2.33. The minimum absolute atomic E-state index is 0.0654. The van der Waals surface area contributed by atoms with E-state index in [1.165, 1.54) is 16.7 Å². The Morgan fingerprint density at radius 2 is 0.950 bits per heavy atom. The van der Waals surface area contributed by atoms with Gasteiger partial charge in [-0.25, -0.2) is 0 Å². The fourth-order valence-electron chi connectivity index (χ4n) is 2.43. The molecule has 0 aliphatic heterocycles. The molecule has 0 aliphatic rings. The van der Waals surface area contributed by atoms with Gasteiger partial charge in [0.25, 0.3) is 0 Å². The van der Waals surface area contributed by atoms with E-state index in [-0.39, 0.29) is 10.8 Å². The quantitative estimate of drug-likeness (QED) is 0.811. The van der Waals surface area contributed by atoms with E-state index in [1.54, 1.807) is 12.1 Å².